The highest BCUT2D eigenvalue weighted by Crippen LogP contribution is 2.37. The largest absolute Gasteiger partial charge is 0.492 e. The summed E-state index contributed by atoms with van der Waals surface area (Å²) < 4.78 is 52.2. The summed E-state index contributed by atoms with van der Waals surface area (Å²) in [5.41, 5.74) is 1.26. The Hall–Kier alpha value is -3.59. The number of ether oxygens (including phenoxy) is 2. The Morgan fingerprint density at radius 3 is 2.58 bits per heavy atom. The Kier molecular flexibility index (Phi) is 6.50. The van der Waals surface area contributed by atoms with E-state index in [9.17, 15) is 17.6 Å². The molecule has 1 heterocycles. The van der Waals surface area contributed by atoms with Gasteiger partial charge in [-0.1, -0.05) is 24.3 Å². The van der Waals surface area contributed by atoms with Crippen molar-refractivity contribution in [1.29, 1.82) is 0 Å². The third-order valence-electron chi connectivity index (χ3n) is 5.09. The highest BCUT2D eigenvalue weighted by atomic mass is 32.2. The molecule has 7 nitrogen and oxygen atoms in total. The number of rotatable bonds is 7. The van der Waals surface area contributed by atoms with Crippen LogP contribution in [0.25, 0.3) is 0 Å². The molecule has 0 fully saturated rings. The van der Waals surface area contributed by atoms with Gasteiger partial charge < -0.3 is 14.8 Å². The second-order valence-corrected chi connectivity index (χ2v) is 9.38. The van der Waals surface area contributed by atoms with Crippen molar-refractivity contribution >= 4 is 21.6 Å². The number of benzene rings is 3. The second kappa shape index (κ2) is 9.50. The van der Waals surface area contributed by atoms with E-state index in [1.807, 2.05) is 6.92 Å². The van der Waals surface area contributed by atoms with Crippen LogP contribution in [0.4, 0.5) is 10.1 Å². The molecule has 4 rings (SSSR count). The van der Waals surface area contributed by atoms with Crippen LogP contribution >= 0.6 is 0 Å². The van der Waals surface area contributed by atoms with Crippen molar-refractivity contribution in [1.82, 2.24) is 5.32 Å². The zero-order valence-electron chi connectivity index (χ0n) is 17.9. The van der Waals surface area contributed by atoms with Crippen molar-refractivity contribution in [2.75, 3.05) is 24.0 Å². The van der Waals surface area contributed by atoms with E-state index in [1.165, 1.54) is 40.7 Å². The van der Waals surface area contributed by atoms with Crippen molar-refractivity contribution in [3.8, 4) is 11.5 Å². The first-order chi connectivity index (χ1) is 15.8. The van der Waals surface area contributed by atoms with Crippen LogP contribution in [0.15, 0.2) is 77.7 Å². The maximum atomic E-state index is 13.3. The topological polar surface area (TPSA) is 84.9 Å². The van der Waals surface area contributed by atoms with Crippen LogP contribution in [-0.4, -0.2) is 40.1 Å². The molecule has 9 heteroatoms. The Labute approximate surface area is 191 Å². The van der Waals surface area contributed by atoms with Crippen molar-refractivity contribution in [2.24, 2.45) is 0 Å². The van der Waals surface area contributed by atoms with Crippen LogP contribution in [0.3, 0.4) is 0 Å². The monoisotopic (exact) mass is 470 g/mol. The summed E-state index contributed by atoms with van der Waals surface area (Å²) in [5, 5.41) is 2.71. The zero-order chi connectivity index (χ0) is 23.4. The number of carbonyl (C=O) groups is 1. The van der Waals surface area contributed by atoms with Gasteiger partial charge in [0.25, 0.3) is 15.9 Å². The lowest BCUT2D eigenvalue weighted by molar-refractivity contribution is -0.127. The van der Waals surface area contributed by atoms with Gasteiger partial charge in [0, 0.05) is 0 Å². The number of sulfonamides is 1. The fourth-order valence-electron chi connectivity index (χ4n) is 3.43. The predicted molar refractivity (Wildman–Crippen MR) is 121 cm³/mol. The van der Waals surface area contributed by atoms with Crippen LogP contribution in [0.2, 0.25) is 0 Å². The molecule has 0 aromatic heterocycles. The van der Waals surface area contributed by atoms with Crippen LogP contribution < -0.4 is 19.1 Å². The molecule has 0 saturated carbocycles. The maximum absolute atomic E-state index is 13.3. The van der Waals surface area contributed by atoms with E-state index in [0.717, 1.165) is 5.56 Å². The number of nitrogens with one attached hydrogen (secondary N) is 1. The Bertz CT molecular complexity index is 1230. The molecule has 1 amide bonds. The fourth-order valence-corrected chi connectivity index (χ4v) is 4.93. The quantitative estimate of drug-likeness (QED) is 0.536. The smallest absolute Gasteiger partial charge is 0.264 e. The normalized spacial score (nSPS) is 15.3. The van der Waals surface area contributed by atoms with Gasteiger partial charge >= 0.3 is 0 Å². The molecular formula is C24H23FN2O5S. The summed E-state index contributed by atoms with van der Waals surface area (Å²) in [6.45, 7) is 2.02. The lowest BCUT2D eigenvalue weighted by atomic mass is 10.1. The third-order valence-corrected chi connectivity index (χ3v) is 6.89. The Morgan fingerprint density at radius 1 is 1.12 bits per heavy atom. The van der Waals surface area contributed by atoms with E-state index in [2.05, 4.69) is 5.32 Å². The number of nitrogens with zero attached hydrogens (tertiary/aromatic N) is 1. The van der Waals surface area contributed by atoms with E-state index >= 15 is 0 Å². The number of amides is 1. The minimum Gasteiger partial charge on any atom is -0.492 e. The van der Waals surface area contributed by atoms with Crippen LogP contribution in [0.5, 0.6) is 11.5 Å². The number of halogens is 1. The molecule has 1 aliphatic heterocycles. The molecule has 0 spiro atoms. The molecule has 0 bridgehead atoms. The van der Waals surface area contributed by atoms with E-state index in [1.54, 1.807) is 36.4 Å². The van der Waals surface area contributed by atoms with E-state index in [-0.39, 0.29) is 30.4 Å². The molecule has 0 aliphatic carbocycles. The first-order valence-electron chi connectivity index (χ1n) is 10.4. The maximum Gasteiger partial charge on any atom is 0.264 e. The van der Waals surface area contributed by atoms with Crippen molar-refractivity contribution in [3.05, 3.63) is 84.2 Å². The summed E-state index contributed by atoms with van der Waals surface area (Å²) >= 11 is 0. The molecule has 1 N–H and O–H groups in total. The van der Waals surface area contributed by atoms with Crippen molar-refractivity contribution in [3.63, 3.8) is 0 Å². The minimum atomic E-state index is -3.90. The summed E-state index contributed by atoms with van der Waals surface area (Å²) in [4.78, 5) is 12.9. The van der Waals surface area contributed by atoms with E-state index in [4.69, 9.17) is 9.47 Å². The SMILES string of the molecule is Cc1ccc2c(c1)OC(C(=O)NCCOc1ccc(F)cc1)CN2S(=O)(=O)c1ccccc1. The number of carbonyl (C=O) groups excluding carboxylic acids is 1. The number of hydrogen-bond donors (Lipinski definition) is 1. The van der Waals surface area contributed by atoms with Gasteiger partial charge in [0.15, 0.2) is 6.10 Å². The molecule has 33 heavy (non-hydrogen) atoms. The highest BCUT2D eigenvalue weighted by Gasteiger charge is 2.37. The van der Waals surface area contributed by atoms with Gasteiger partial charge in [-0.05, 0) is 61.0 Å². The molecular weight excluding hydrogens is 447 g/mol. The average Bonchev–Trinajstić information content (AvgIpc) is 2.82. The lowest BCUT2D eigenvalue weighted by Gasteiger charge is -2.35. The molecule has 3 aromatic carbocycles. The van der Waals surface area contributed by atoms with Gasteiger partial charge in [0.2, 0.25) is 0 Å². The molecule has 1 unspecified atom stereocenters. The van der Waals surface area contributed by atoms with E-state index < -0.39 is 22.0 Å². The average molecular weight is 471 g/mol. The minimum absolute atomic E-state index is 0.130. The van der Waals surface area contributed by atoms with Gasteiger partial charge in [0.05, 0.1) is 23.7 Å². The van der Waals surface area contributed by atoms with Gasteiger partial charge in [-0.2, -0.15) is 0 Å². The van der Waals surface area contributed by atoms with E-state index in [0.29, 0.717) is 17.2 Å². The summed E-state index contributed by atoms with van der Waals surface area (Å²) in [5.74, 6) is -0.0266. The van der Waals surface area contributed by atoms with Crippen molar-refractivity contribution < 1.29 is 27.1 Å². The molecule has 1 aliphatic rings. The molecule has 3 aromatic rings. The summed E-state index contributed by atoms with van der Waals surface area (Å²) in [6.07, 6.45) is -1.04. The van der Waals surface area contributed by atoms with Gasteiger partial charge in [-0.15, -0.1) is 0 Å². The van der Waals surface area contributed by atoms with Crippen molar-refractivity contribution in [2.45, 2.75) is 17.9 Å². The third kappa shape index (κ3) is 5.09. The molecule has 0 saturated heterocycles. The number of aryl methyl sites for hydroxylation is 1. The summed E-state index contributed by atoms with van der Waals surface area (Å²) in [6, 6.07) is 18.8. The Morgan fingerprint density at radius 2 is 1.85 bits per heavy atom. The number of anilines is 1. The van der Waals surface area contributed by atoms with Gasteiger partial charge in [0.1, 0.15) is 23.9 Å². The second-order valence-electron chi connectivity index (χ2n) is 7.52. The first kappa shape index (κ1) is 22.6. The fraction of sp³-hybridized carbons (Fsp3) is 0.208. The van der Waals surface area contributed by atoms with Gasteiger partial charge in [-0.25, -0.2) is 12.8 Å². The lowest BCUT2D eigenvalue weighted by Crippen LogP contribution is -2.51. The standard InChI is InChI=1S/C24H23FN2O5S/c1-17-7-12-21-22(15-17)32-23(16-27(21)33(29,30)20-5-3-2-4-6-20)24(28)26-13-14-31-19-10-8-18(25)9-11-19/h2-12,15,23H,13-14,16H2,1H3,(H,26,28). The van der Waals surface area contributed by atoms with Gasteiger partial charge in [-0.3, -0.25) is 9.10 Å². The molecule has 172 valence electrons. The highest BCUT2D eigenvalue weighted by molar-refractivity contribution is 7.92. The molecule has 0 radical (unpaired) electrons. The molecule has 1 atom stereocenters. The van der Waals surface area contributed by atoms with Crippen LogP contribution in [0.1, 0.15) is 5.56 Å². The zero-order valence-corrected chi connectivity index (χ0v) is 18.7. The first-order valence-corrected chi connectivity index (χ1v) is 11.8. The summed E-state index contributed by atoms with van der Waals surface area (Å²) in [7, 11) is -3.90. The number of hydrogen-bond acceptors (Lipinski definition) is 5. The number of fused-ring (bicyclic) bond motifs is 1. The predicted octanol–water partition coefficient (Wildman–Crippen LogP) is 3.29. The van der Waals surface area contributed by atoms with Crippen LogP contribution in [-0.2, 0) is 14.8 Å². The Balaban J connectivity index is 1.47. The van der Waals surface area contributed by atoms with Crippen LogP contribution in [0, 0.1) is 12.7 Å².